The molecule has 0 saturated carbocycles. The van der Waals surface area contributed by atoms with Crippen molar-refractivity contribution in [3.63, 3.8) is 0 Å². The fourth-order valence-electron chi connectivity index (χ4n) is 4.82. The lowest BCUT2D eigenvalue weighted by Gasteiger charge is -2.19. The standard InChI is InChI=1S/C33H42BrNO3/c1-6-7-8-9-10-11-12-13-30(36)38-32(25-16-18-27(34)19-17-25)33(37)35-29-20-24(5)28-21-26(22(2)3)15-14-23(4)31(28)29/h14-22,32H,6-13H2,1-5H3,(H,35,37). The van der Waals surface area contributed by atoms with E-state index in [1.54, 1.807) is 0 Å². The van der Waals surface area contributed by atoms with Crippen LogP contribution in [0.2, 0.25) is 0 Å². The normalized spacial score (nSPS) is 12.1. The summed E-state index contributed by atoms with van der Waals surface area (Å²) in [7, 11) is 0. The van der Waals surface area contributed by atoms with Crippen molar-refractivity contribution >= 4 is 33.5 Å². The number of amides is 1. The van der Waals surface area contributed by atoms with Gasteiger partial charge in [-0.15, -0.1) is 0 Å². The third-order valence-electron chi connectivity index (χ3n) is 7.12. The molecule has 0 fully saturated rings. The number of esters is 1. The number of nitrogens with one attached hydrogen (secondary N) is 1. The van der Waals surface area contributed by atoms with Gasteiger partial charge in [-0.2, -0.15) is 0 Å². The quantitative estimate of drug-likeness (QED) is 0.162. The molecule has 2 aliphatic carbocycles. The molecule has 1 aromatic carbocycles. The molecule has 3 rings (SSSR count). The maximum Gasteiger partial charge on any atom is 0.306 e. The van der Waals surface area contributed by atoms with Crippen molar-refractivity contribution < 1.29 is 14.3 Å². The van der Waals surface area contributed by atoms with Crippen LogP contribution >= 0.6 is 15.9 Å². The zero-order chi connectivity index (χ0) is 27.7. The summed E-state index contributed by atoms with van der Waals surface area (Å²) in [6.45, 7) is 10.7. The first-order valence-electron chi connectivity index (χ1n) is 14.0. The molecule has 0 radical (unpaired) electrons. The van der Waals surface area contributed by atoms with Crippen molar-refractivity contribution in [3.05, 3.63) is 75.3 Å². The predicted molar refractivity (Wildman–Crippen MR) is 161 cm³/mol. The van der Waals surface area contributed by atoms with E-state index in [2.05, 4.69) is 74.1 Å². The zero-order valence-corrected chi connectivity index (χ0v) is 25.1. The largest absolute Gasteiger partial charge is 0.447 e. The van der Waals surface area contributed by atoms with Crippen LogP contribution in [0.25, 0.3) is 11.1 Å². The Morgan fingerprint density at radius 2 is 1.47 bits per heavy atom. The first kappa shape index (κ1) is 29.9. The Morgan fingerprint density at radius 3 is 2.13 bits per heavy atom. The number of ether oxygens (including phenoxy) is 1. The first-order chi connectivity index (χ1) is 18.2. The minimum Gasteiger partial charge on any atom is -0.447 e. The second-order valence-corrected chi connectivity index (χ2v) is 11.5. The van der Waals surface area contributed by atoms with Crippen molar-refractivity contribution in [1.82, 2.24) is 0 Å². The van der Waals surface area contributed by atoms with E-state index < -0.39 is 6.10 Å². The number of carbonyl (C=O) groups is 2. The highest BCUT2D eigenvalue weighted by molar-refractivity contribution is 9.10. The van der Waals surface area contributed by atoms with Crippen LogP contribution in [0, 0.1) is 13.8 Å². The van der Waals surface area contributed by atoms with Crippen LogP contribution < -0.4 is 5.32 Å². The van der Waals surface area contributed by atoms with Gasteiger partial charge in [0, 0.05) is 27.7 Å². The number of aryl methyl sites for hydroxylation is 2. The van der Waals surface area contributed by atoms with Gasteiger partial charge in [0.05, 0.1) is 0 Å². The number of halogens is 1. The van der Waals surface area contributed by atoms with Gasteiger partial charge in [-0.1, -0.05) is 106 Å². The SMILES string of the molecule is CCCCCCCCCC(=O)OC(C(=O)Nc1cc(C)c2cc(C(C)C)ccc(C)c1-2)c1ccc(Br)cc1. The molecule has 0 saturated heterocycles. The number of hydrogen-bond acceptors (Lipinski definition) is 3. The van der Waals surface area contributed by atoms with E-state index in [9.17, 15) is 9.59 Å². The van der Waals surface area contributed by atoms with Gasteiger partial charge in [-0.3, -0.25) is 9.59 Å². The lowest BCUT2D eigenvalue weighted by molar-refractivity contribution is -0.154. The molecule has 1 aromatic rings. The van der Waals surface area contributed by atoms with Crippen molar-refractivity contribution in [3.8, 4) is 11.1 Å². The molecule has 0 aromatic heterocycles. The van der Waals surface area contributed by atoms with Gasteiger partial charge in [-0.25, -0.2) is 0 Å². The minimum absolute atomic E-state index is 0.319. The topological polar surface area (TPSA) is 55.4 Å². The number of rotatable bonds is 13. The molecule has 204 valence electrons. The smallest absolute Gasteiger partial charge is 0.306 e. The Morgan fingerprint density at radius 1 is 0.842 bits per heavy atom. The van der Waals surface area contributed by atoms with E-state index in [1.807, 2.05) is 30.3 Å². The van der Waals surface area contributed by atoms with Crippen LogP contribution in [0.4, 0.5) is 5.69 Å². The Labute approximate surface area is 237 Å². The third kappa shape index (κ3) is 8.17. The van der Waals surface area contributed by atoms with Gasteiger partial charge in [0.25, 0.3) is 5.91 Å². The lowest BCUT2D eigenvalue weighted by Crippen LogP contribution is -2.26. The van der Waals surface area contributed by atoms with Crippen LogP contribution in [0.5, 0.6) is 0 Å². The lowest BCUT2D eigenvalue weighted by atomic mass is 10.0. The molecule has 1 unspecified atom stereocenters. The molecule has 0 heterocycles. The van der Waals surface area contributed by atoms with Crippen LogP contribution in [0.3, 0.4) is 0 Å². The second-order valence-electron chi connectivity index (χ2n) is 10.6. The van der Waals surface area contributed by atoms with Crippen molar-refractivity contribution in [2.24, 2.45) is 0 Å². The Kier molecular flexibility index (Phi) is 11.4. The average Bonchev–Trinajstić information content (AvgIpc) is 3.06. The summed E-state index contributed by atoms with van der Waals surface area (Å²) in [5.74, 6) is -0.286. The van der Waals surface area contributed by atoms with Gasteiger partial charge in [0.1, 0.15) is 0 Å². The number of benzene rings is 1. The summed E-state index contributed by atoms with van der Waals surface area (Å²) >= 11 is 3.45. The predicted octanol–water partition coefficient (Wildman–Crippen LogP) is 9.66. The van der Waals surface area contributed by atoms with Crippen LogP contribution in [-0.2, 0) is 14.3 Å². The Hall–Kier alpha value is -2.66. The number of hydrogen-bond donors (Lipinski definition) is 1. The van der Waals surface area contributed by atoms with E-state index in [0.717, 1.165) is 51.7 Å². The first-order valence-corrected chi connectivity index (χ1v) is 14.8. The van der Waals surface area contributed by atoms with Gasteiger partial charge in [0.15, 0.2) is 0 Å². The van der Waals surface area contributed by atoms with E-state index in [4.69, 9.17) is 4.74 Å². The summed E-state index contributed by atoms with van der Waals surface area (Å²) in [5.41, 5.74) is 6.99. The van der Waals surface area contributed by atoms with E-state index in [0.29, 0.717) is 17.9 Å². The number of anilines is 1. The van der Waals surface area contributed by atoms with E-state index >= 15 is 0 Å². The second kappa shape index (κ2) is 14.5. The number of unbranched alkanes of at least 4 members (excludes halogenated alkanes) is 6. The highest BCUT2D eigenvalue weighted by Crippen LogP contribution is 2.40. The summed E-state index contributed by atoms with van der Waals surface area (Å²) in [6, 6.07) is 15.9. The number of carbonyl (C=O) groups excluding carboxylic acids is 2. The monoisotopic (exact) mass is 579 g/mol. The maximum absolute atomic E-state index is 13.6. The molecule has 1 amide bonds. The molecular formula is C33H42BrNO3. The van der Waals surface area contributed by atoms with Gasteiger partial charge >= 0.3 is 5.97 Å². The fraction of sp³-hybridized carbons (Fsp3) is 0.455. The zero-order valence-electron chi connectivity index (χ0n) is 23.5. The molecule has 0 spiro atoms. The molecule has 2 aliphatic rings. The molecule has 4 nitrogen and oxygen atoms in total. The summed E-state index contributed by atoms with van der Waals surface area (Å²) in [4.78, 5) is 26.4. The highest BCUT2D eigenvalue weighted by atomic mass is 79.9. The fourth-order valence-corrected chi connectivity index (χ4v) is 5.09. The van der Waals surface area contributed by atoms with Crippen molar-refractivity contribution in [2.45, 2.75) is 98.0 Å². The van der Waals surface area contributed by atoms with Gasteiger partial charge < -0.3 is 10.1 Å². The molecule has 38 heavy (non-hydrogen) atoms. The minimum atomic E-state index is -1.02. The molecule has 0 aliphatic heterocycles. The van der Waals surface area contributed by atoms with Crippen molar-refractivity contribution in [2.75, 3.05) is 5.32 Å². The summed E-state index contributed by atoms with van der Waals surface area (Å²) < 4.78 is 6.71. The van der Waals surface area contributed by atoms with Crippen molar-refractivity contribution in [1.29, 1.82) is 0 Å². The summed E-state index contributed by atoms with van der Waals surface area (Å²) in [6.07, 6.45) is 7.15. The molecule has 0 bridgehead atoms. The highest BCUT2D eigenvalue weighted by Gasteiger charge is 2.27. The third-order valence-corrected chi connectivity index (χ3v) is 7.65. The van der Waals surface area contributed by atoms with Crippen LogP contribution in [0.15, 0.2) is 53.0 Å². The van der Waals surface area contributed by atoms with Gasteiger partial charge in [-0.05, 0) is 66.6 Å². The molecular weight excluding hydrogens is 538 g/mol. The van der Waals surface area contributed by atoms with E-state index in [-0.39, 0.29) is 11.9 Å². The molecule has 5 heteroatoms. The maximum atomic E-state index is 13.6. The molecule has 1 atom stereocenters. The number of fused-ring (bicyclic) bond motifs is 1. The average molecular weight is 581 g/mol. The summed E-state index contributed by atoms with van der Waals surface area (Å²) in [5, 5.41) is 3.10. The molecule has 1 N–H and O–H groups in total. The Bertz CT molecular complexity index is 1190. The Balaban J connectivity index is 1.77. The van der Waals surface area contributed by atoms with Gasteiger partial charge in [0.2, 0.25) is 6.10 Å². The van der Waals surface area contributed by atoms with Crippen LogP contribution in [0.1, 0.15) is 106 Å². The van der Waals surface area contributed by atoms with E-state index in [1.165, 1.54) is 31.2 Å². The van der Waals surface area contributed by atoms with Crippen LogP contribution in [-0.4, -0.2) is 11.9 Å².